The van der Waals surface area contributed by atoms with Gasteiger partial charge < -0.3 is 14.7 Å². The number of nitrogens with two attached hydrogens (primary N) is 1. The van der Waals surface area contributed by atoms with Crippen molar-refractivity contribution in [1.29, 1.82) is 0 Å². The standard InChI is InChI=1S/C12H17N3O/c1-2-3-12-14-4-5-15(12)8-11-6-10(7-13)9-16-11/h4-6,9H,2-3,7-8,13H2,1H3. The Labute approximate surface area is 95.1 Å². The van der Waals surface area contributed by atoms with Crippen molar-refractivity contribution in [3.05, 3.63) is 41.9 Å². The average molecular weight is 219 g/mol. The molecule has 86 valence electrons. The molecule has 2 N–H and O–H groups in total. The van der Waals surface area contributed by atoms with Crippen LogP contribution in [0.15, 0.2) is 29.1 Å². The van der Waals surface area contributed by atoms with E-state index in [2.05, 4.69) is 16.5 Å². The highest BCUT2D eigenvalue weighted by atomic mass is 16.3. The number of aromatic nitrogens is 2. The molecule has 0 spiro atoms. The van der Waals surface area contributed by atoms with Gasteiger partial charge in [-0.05, 0) is 12.5 Å². The number of hydrogen-bond donors (Lipinski definition) is 1. The topological polar surface area (TPSA) is 57.0 Å². The van der Waals surface area contributed by atoms with Crippen LogP contribution >= 0.6 is 0 Å². The van der Waals surface area contributed by atoms with Crippen LogP contribution in [0.25, 0.3) is 0 Å². The lowest BCUT2D eigenvalue weighted by Gasteiger charge is -2.04. The van der Waals surface area contributed by atoms with E-state index >= 15 is 0 Å². The summed E-state index contributed by atoms with van der Waals surface area (Å²) in [5.74, 6) is 2.03. The fraction of sp³-hybridized carbons (Fsp3) is 0.417. The molecular weight excluding hydrogens is 202 g/mol. The van der Waals surface area contributed by atoms with Gasteiger partial charge in [-0.3, -0.25) is 0 Å². The number of nitrogens with zero attached hydrogens (tertiary/aromatic N) is 2. The third kappa shape index (κ3) is 2.33. The highest BCUT2D eigenvalue weighted by Crippen LogP contribution is 2.11. The summed E-state index contributed by atoms with van der Waals surface area (Å²) in [5, 5.41) is 0. The van der Waals surface area contributed by atoms with Crippen molar-refractivity contribution < 1.29 is 4.42 Å². The maximum atomic E-state index is 5.53. The van der Waals surface area contributed by atoms with Crippen LogP contribution in [0, 0.1) is 0 Å². The summed E-state index contributed by atoms with van der Waals surface area (Å²) in [6, 6.07) is 2.00. The molecule has 4 heteroatoms. The van der Waals surface area contributed by atoms with E-state index in [4.69, 9.17) is 10.2 Å². The lowest BCUT2D eigenvalue weighted by molar-refractivity contribution is 0.487. The van der Waals surface area contributed by atoms with Gasteiger partial charge in [-0.25, -0.2) is 4.98 Å². The summed E-state index contributed by atoms with van der Waals surface area (Å²) in [6.45, 7) is 3.41. The normalized spacial score (nSPS) is 10.9. The minimum absolute atomic E-state index is 0.523. The fourth-order valence-corrected chi connectivity index (χ4v) is 1.72. The number of hydrogen-bond acceptors (Lipinski definition) is 3. The van der Waals surface area contributed by atoms with Gasteiger partial charge in [0.1, 0.15) is 11.6 Å². The predicted molar refractivity (Wildman–Crippen MR) is 61.9 cm³/mol. The molecule has 0 aliphatic heterocycles. The van der Waals surface area contributed by atoms with E-state index in [-0.39, 0.29) is 0 Å². The minimum atomic E-state index is 0.523. The van der Waals surface area contributed by atoms with Crippen LogP contribution in [0.4, 0.5) is 0 Å². The van der Waals surface area contributed by atoms with E-state index in [1.165, 1.54) is 0 Å². The summed E-state index contributed by atoms with van der Waals surface area (Å²) in [4.78, 5) is 4.33. The van der Waals surface area contributed by atoms with Gasteiger partial charge in [0.2, 0.25) is 0 Å². The fourth-order valence-electron chi connectivity index (χ4n) is 1.72. The molecule has 0 aromatic carbocycles. The lowest BCUT2D eigenvalue weighted by Crippen LogP contribution is -2.03. The van der Waals surface area contributed by atoms with Crippen molar-refractivity contribution >= 4 is 0 Å². The summed E-state index contributed by atoms with van der Waals surface area (Å²) in [7, 11) is 0. The molecule has 0 aliphatic carbocycles. The molecule has 16 heavy (non-hydrogen) atoms. The molecule has 2 rings (SSSR count). The van der Waals surface area contributed by atoms with Crippen molar-refractivity contribution in [2.45, 2.75) is 32.9 Å². The molecule has 0 fully saturated rings. The number of imidazole rings is 1. The van der Waals surface area contributed by atoms with E-state index in [1.807, 2.05) is 18.5 Å². The van der Waals surface area contributed by atoms with Gasteiger partial charge in [0.25, 0.3) is 0 Å². The smallest absolute Gasteiger partial charge is 0.123 e. The van der Waals surface area contributed by atoms with Gasteiger partial charge in [0.05, 0.1) is 12.8 Å². The molecule has 0 amide bonds. The largest absolute Gasteiger partial charge is 0.467 e. The molecule has 0 saturated carbocycles. The maximum Gasteiger partial charge on any atom is 0.123 e. The Kier molecular flexibility index (Phi) is 3.41. The van der Waals surface area contributed by atoms with Crippen molar-refractivity contribution in [2.75, 3.05) is 0 Å². The summed E-state index contributed by atoms with van der Waals surface area (Å²) in [5.41, 5.74) is 6.57. The Morgan fingerprint density at radius 3 is 3.06 bits per heavy atom. The highest BCUT2D eigenvalue weighted by molar-refractivity contribution is 5.13. The average Bonchev–Trinajstić information content (AvgIpc) is 2.90. The minimum Gasteiger partial charge on any atom is -0.467 e. The first-order valence-corrected chi connectivity index (χ1v) is 5.60. The van der Waals surface area contributed by atoms with Crippen molar-refractivity contribution in [3.63, 3.8) is 0 Å². The predicted octanol–water partition coefficient (Wildman–Crippen LogP) is 1.94. The van der Waals surface area contributed by atoms with Gasteiger partial charge in [-0.1, -0.05) is 6.92 Å². The van der Waals surface area contributed by atoms with Crippen LogP contribution in [0.2, 0.25) is 0 Å². The third-order valence-corrected chi connectivity index (χ3v) is 2.55. The zero-order valence-electron chi connectivity index (χ0n) is 9.52. The summed E-state index contributed by atoms with van der Waals surface area (Å²) < 4.78 is 7.55. The van der Waals surface area contributed by atoms with Gasteiger partial charge in [-0.15, -0.1) is 0 Å². The molecule has 0 bridgehead atoms. The Morgan fingerprint density at radius 2 is 2.38 bits per heavy atom. The molecule has 0 aliphatic rings. The molecule has 2 aromatic rings. The Bertz CT molecular complexity index is 445. The van der Waals surface area contributed by atoms with Gasteiger partial charge in [0, 0.05) is 30.9 Å². The van der Waals surface area contributed by atoms with Crippen LogP contribution < -0.4 is 5.73 Å². The second kappa shape index (κ2) is 4.99. The van der Waals surface area contributed by atoms with E-state index in [9.17, 15) is 0 Å². The molecule has 0 unspecified atom stereocenters. The van der Waals surface area contributed by atoms with Crippen LogP contribution in [0.3, 0.4) is 0 Å². The van der Waals surface area contributed by atoms with E-state index < -0.39 is 0 Å². The summed E-state index contributed by atoms with van der Waals surface area (Å²) >= 11 is 0. The second-order valence-electron chi connectivity index (χ2n) is 3.85. The molecular formula is C12H17N3O. The van der Waals surface area contributed by atoms with Crippen molar-refractivity contribution in [3.8, 4) is 0 Å². The molecule has 2 aromatic heterocycles. The zero-order chi connectivity index (χ0) is 11.4. The zero-order valence-corrected chi connectivity index (χ0v) is 9.52. The van der Waals surface area contributed by atoms with Crippen LogP contribution in [0.5, 0.6) is 0 Å². The van der Waals surface area contributed by atoms with Gasteiger partial charge in [-0.2, -0.15) is 0 Å². The van der Waals surface area contributed by atoms with Crippen LogP contribution in [0.1, 0.15) is 30.5 Å². The Morgan fingerprint density at radius 1 is 1.50 bits per heavy atom. The molecule has 0 radical (unpaired) electrons. The Balaban J connectivity index is 2.10. The lowest BCUT2D eigenvalue weighted by atomic mass is 10.3. The number of rotatable bonds is 5. The SMILES string of the molecule is CCCc1nccn1Cc1cc(CN)co1. The molecule has 2 heterocycles. The van der Waals surface area contributed by atoms with Gasteiger partial charge in [0.15, 0.2) is 0 Å². The third-order valence-electron chi connectivity index (χ3n) is 2.55. The first-order chi connectivity index (χ1) is 7.83. The first kappa shape index (κ1) is 11.0. The maximum absolute atomic E-state index is 5.53. The summed E-state index contributed by atoms with van der Waals surface area (Å²) in [6.07, 6.45) is 7.62. The van der Waals surface area contributed by atoms with E-state index in [0.717, 1.165) is 36.5 Å². The number of aryl methyl sites for hydroxylation is 1. The van der Waals surface area contributed by atoms with Crippen molar-refractivity contribution in [1.82, 2.24) is 9.55 Å². The van der Waals surface area contributed by atoms with Gasteiger partial charge >= 0.3 is 0 Å². The van der Waals surface area contributed by atoms with Crippen molar-refractivity contribution in [2.24, 2.45) is 5.73 Å². The quantitative estimate of drug-likeness (QED) is 0.836. The monoisotopic (exact) mass is 219 g/mol. The first-order valence-electron chi connectivity index (χ1n) is 5.60. The number of furan rings is 1. The van der Waals surface area contributed by atoms with E-state index in [0.29, 0.717) is 6.54 Å². The second-order valence-corrected chi connectivity index (χ2v) is 3.85. The van der Waals surface area contributed by atoms with E-state index in [1.54, 1.807) is 6.26 Å². The van der Waals surface area contributed by atoms with Crippen LogP contribution in [-0.2, 0) is 19.5 Å². The highest BCUT2D eigenvalue weighted by Gasteiger charge is 2.05. The molecule has 0 saturated heterocycles. The Hall–Kier alpha value is -1.55. The molecule has 4 nitrogen and oxygen atoms in total. The van der Waals surface area contributed by atoms with Crippen LogP contribution in [-0.4, -0.2) is 9.55 Å². The molecule has 0 atom stereocenters.